The van der Waals surface area contributed by atoms with Gasteiger partial charge in [0.15, 0.2) is 0 Å². The van der Waals surface area contributed by atoms with E-state index in [1.807, 2.05) is 13.0 Å². The lowest BCUT2D eigenvalue weighted by atomic mass is 10.3. The van der Waals surface area contributed by atoms with Crippen molar-refractivity contribution in [1.82, 2.24) is 0 Å². The lowest BCUT2D eigenvalue weighted by molar-refractivity contribution is -0.138. The minimum atomic E-state index is -1.01. The molecule has 4 nitrogen and oxygen atoms in total. The van der Waals surface area contributed by atoms with Crippen molar-refractivity contribution in [2.45, 2.75) is 19.9 Å². The first-order valence-corrected chi connectivity index (χ1v) is 4.90. The van der Waals surface area contributed by atoms with Crippen LogP contribution in [0.3, 0.4) is 0 Å². The summed E-state index contributed by atoms with van der Waals surface area (Å²) in [5.74, 6) is -1.01. The summed E-state index contributed by atoms with van der Waals surface area (Å²) in [5.41, 5.74) is 0. The SMILES string of the molecule is Cc1ccc(N(C=O)C(C)C(=O)O)s1. The Balaban J connectivity index is 2.92. The van der Waals surface area contributed by atoms with E-state index < -0.39 is 12.0 Å². The third-order valence-corrected chi connectivity index (χ3v) is 2.88. The zero-order valence-electron chi connectivity index (χ0n) is 7.93. The van der Waals surface area contributed by atoms with Crippen LogP contribution in [0.25, 0.3) is 0 Å². The summed E-state index contributed by atoms with van der Waals surface area (Å²) in [4.78, 5) is 23.7. The number of aryl methyl sites for hydroxylation is 1. The summed E-state index contributed by atoms with van der Waals surface area (Å²) in [6.45, 7) is 3.38. The highest BCUT2D eigenvalue weighted by Gasteiger charge is 2.21. The number of carboxylic acid groups (broad SMARTS) is 1. The van der Waals surface area contributed by atoms with Gasteiger partial charge < -0.3 is 5.11 Å². The van der Waals surface area contributed by atoms with Crippen molar-refractivity contribution in [2.24, 2.45) is 0 Å². The molecule has 1 rings (SSSR count). The first kappa shape index (κ1) is 10.7. The Hall–Kier alpha value is -1.36. The van der Waals surface area contributed by atoms with Gasteiger partial charge in [0.05, 0.1) is 5.00 Å². The summed E-state index contributed by atoms with van der Waals surface area (Å²) in [5, 5.41) is 9.42. The van der Waals surface area contributed by atoms with Gasteiger partial charge in [-0.05, 0) is 26.0 Å². The number of carboxylic acids is 1. The van der Waals surface area contributed by atoms with E-state index in [1.165, 1.54) is 23.2 Å². The first-order valence-electron chi connectivity index (χ1n) is 4.09. The van der Waals surface area contributed by atoms with Crippen LogP contribution in [0, 0.1) is 6.92 Å². The standard InChI is InChI=1S/C9H11NO3S/c1-6-3-4-8(14-6)10(5-11)7(2)9(12)13/h3-5,7H,1-2H3,(H,12,13). The molecule has 1 aromatic heterocycles. The van der Waals surface area contributed by atoms with Crippen molar-refractivity contribution in [3.63, 3.8) is 0 Å². The van der Waals surface area contributed by atoms with E-state index in [0.29, 0.717) is 11.4 Å². The molecule has 0 saturated carbocycles. The number of carbonyl (C=O) groups excluding carboxylic acids is 1. The number of aliphatic carboxylic acids is 1. The second-order valence-corrected chi connectivity index (χ2v) is 4.18. The molecule has 0 fully saturated rings. The number of hydrogen-bond acceptors (Lipinski definition) is 3. The molecular formula is C9H11NO3S. The topological polar surface area (TPSA) is 57.6 Å². The lowest BCUT2D eigenvalue weighted by Gasteiger charge is -2.19. The van der Waals surface area contributed by atoms with Crippen molar-refractivity contribution in [3.05, 3.63) is 17.0 Å². The predicted molar refractivity (Wildman–Crippen MR) is 54.7 cm³/mol. The fourth-order valence-electron chi connectivity index (χ4n) is 1.01. The Morgan fingerprint density at radius 2 is 2.29 bits per heavy atom. The van der Waals surface area contributed by atoms with Gasteiger partial charge in [0, 0.05) is 4.88 Å². The van der Waals surface area contributed by atoms with Gasteiger partial charge in [0.1, 0.15) is 6.04 Å². The van der Waals surface area contributed by atoms with E-state index in [1.54, 1.807) is 6.07 Å². The molecule has 1 aromatic rings. The molecule has 1 unspecified atom stereocenters. The summed E-state index contributed by atoms with van der Waals surface area (Å²) in [6.07, 6.45) is 0.546. The molecule has 0 bridgehead atoms. The van der Waals surface area contributed by atoms with E-state index in [-0.39, 0.29) is 0 Å². The lowest BCUT2D eigenvalue weighted by Crippen LogP contribution is -2.37. The molecule has 1 amide bonds. The Morgan fingerprint density at radius 3 is 2.64 bits per heavy atom. The molecule has 1 N–H and O–H groups in total. The normalized spacial score (nSPS) is 12.1. The number of carbonyl (C=O) groups is 2. The van der Waals surface area contributed by atoms with Gasteiger partial charge >= 0.3 is 5.97 Å². The second kappa shape index (κ2) is 4.23. The van der Waals surface area contributed by atoms with E-state index in [0.717, 1.165) is 4.88 Å². The van der Waals surface area contributed by atoms with Gasteiger partial charge in [-0.3, -0.25) is 9.69 Å². The molecule has 1 heterocycles. The quantitative estimate of drug-likeness (QED) is 0.771. The predicted octanol–water partition coefficient (Wildman–Crippen LogP) is 1.49. The van der Waals surface area contributed by atoms with Crippen LogP contribution in [-0.4, -0.2) is 23.5 Å². The zero-order chi connectivity index (χ0) is 10.7. The summed E-state index contributed by atoms with van der Waals surface area (Å²) >= 11 is 1.40. The maximum atomic E-state index is 10.7. The number of anilines is 1. The van der Waals surface area contributed by atoms with Gasteiger partial charge in [-0.15, -0.1) is 11.3 Å². The van der Waals surface area contributed by atoms with E-state index in [2.05, 4.69) is 0 Å². The Morgan fingerprint density at radius 1 is 1.64 bits per heavy atom. The molecule has 0 radical (unpaired) electrons. The zero-order valence-corrected chi connectivity index (χ0v) is 8.75. The van der Waals surface area contributed by atoms with Crippen molar-refractivity contribution in [3.8, 4) is 0 Å². The monoisotopic (exact) mass is 213 g/mol. The average molecular weight is 213 g/mol. The number of nitrogens with zero attached hydrogens (tertiary/aromatic N) is 1. The highest BCUT2D eigenvalue weighted by molar-refractivity contribution is 7.16. The second-order valence-electron chi connectivity index (χ2n) is 2.91. The first-order chi connectivity index (χ1) is 6.56. The number of rotatable bonds is 4. The number of amides is 1. The van der Waals surface area contributed by atoms with E-state index >= 15 is 0 Å². The van der Waals surface area contributed by atoms with Crippen LogP contribution in [0.4, 0.5) is 5.00 Å². The molecule has 0 aliphatic carbocycles. The Labute approximate surface area is 85.8 Å². The minimum absolute atomic E-state index is 0.546. The maximum absolute atomic E-state index is 10.7. The largest absolute Gasteiger partial charge is 0.480 e. The van der Waals surface area contributed by atoms with Crippen LogP contribution in [0.15, 0.2) is 12.1 Å². The maximum Gasteiger partial charge on any atom is 0.326 e. The third kappa shape index (κ3) is 2.11. The Bertz CT molecular complexity index is 348. The molecule has 0 saturated heterocycles. The van der Waals surface area contributed by atoms with Crippen LogP contribution >= 0.6 is 11.3 Å². The van der Waals surface area contributed by atoms with Crippen molar-refractivity contribution < 1.29 is 14.7 Å². The Kier molecular flexibility index (Phi) is 3.24. The van der Waals surface area contributed by atoms with Gasteiger partial charge in [0.2, 0.25) is 6.41 Å². The molecule has 76 valence electrons. The summed E-state index contributed by atoms with van der Waals surface area (Å²) in [6, 6.07) is 2.77. The van der Waals surface area contributed by atoms with Crippen LogP contribution in [0.2, 0.25) is 0 Å². The fraction of sp³-hybridized carbons (Fsp3) is 0.333. The molecule has 14 heavy (non-hydrogen) atoms. The van der Waals surface area contributed by atoms with Gasteiger partial charge in [-0.25, -0.2) is 4.79 Å². The van der Waals surface area contributed by atoms with Crippen LogP contribution in [-0.2, 0) is 9.59 Å². The fourth-order valence-corrected chi connectivity index (χ4v) is 1.92. The van der Waals surface area contributed by atoms with Gasteiger partial charge in [-0.2, -0.15) is 0 Å². The molecule has 5 heteroatoms. The molecule has 0 aromatic carbocycles. The van der Waals surface area contributed by atoms with Crippen molar-refractivity contribution in [1.29, 1.82) is 0 Å². The van der Waals surface area contributed by atoms with Crippen LogP contribution < -0.4 is 4.90 Å². The van der Waals surface area contributed by atoms with Gasteiger partial charge in [0.25, 0.3) is 0 Å². The van der Waals surface area contributed by atoms with E-state index in [4.69, 9.17) is 5.11 Å². The molecule has 0 spiro atoms. The third-order valence-electron chi connectivity index (χ3n) is 1.87. The number of hydrogen-bond donors (Lipinski definition) is 1. The average Bonchev–Trinajstić information content (AvgIpc) is 2.53. The number of thiophene rings is 1. The molecule has 1 atom stereocenters. The molecule has 0 aliphatic rings. The van der Waals surface area contributed by atoms with Crippen molar-refractivity contribution in [2.75, 3.05) is 4.90 Å². The summed E-state index contributed by atoms with van der Waals surface area (Å²) in [7, 11) is 0. The van der Waals surface area contributed by atoms with Gasteiger partial charge in [-0.1, -0.05) is 0 Å². The molecular weight excluding hydrogens is 202 g/mol. The van der Waals surface area contributed by atoms with Crippen LogP contribution in [0.5, 0.6) is 0 Å². The van der Waals surface area contributed by atoms with Crippen molar-refractivity contribution >= 4 is 28.7 Å². The van der Waals surface area contributed by atoms with Crippen LogP contribution in [0.1, 0.15) is 11.8 Å². The highest BCUT2D eigenvalue weighted by Crippen LogP contribution is 2.25. The molecule has 0 aliphatic heterocycles. The smallest absolute Gasteiger partial charge is 0.326 e. The highest BCUT2D eigenvalue weighted by atomic mass is 32.1. The summed E-state index contributed by atoms with van der Waals surface area (Å²) < 4.78 is 0. The minimum Gasteiger partial charge on any atom is -0.480 e. The van der Waals surface area contributed by atoms with E-state index in [9.17, 15) is 9.59 Å².